The Morgan fingerprint density at radius 2 is 1.93 bits per heavy atom. The lowest BCUT2D eigenvalue weighted by Gasteiger charge is -2.12. The van der Waals surface area contributed by atoms with E-state index in [4.69, 9.17) is 11.5 Å². The summed E-state index contributed by atoms with van der Waals surface area (Å²) in [6, 6.07) is 2.85. The van der Waals surface area contributed by atoms with Gasteiger partial charge in [0.2, 0.25) is 0 Å². The van der Waals surface area contributed by atoms with Crippen molar-refractivity contribution in [2.45, 2.75) is 19.8 Å². The molecular weight excluding hydrogens is 182 g/mol. The predicted molar refractivity (Wildman–Crippen MR) is 56.0 cm³/mol. The molecular formula is C9H13N3O2. The maximum atomic E-state index is 10.6. The average Bonchev–Trinajstić information content (AvgIpc) is 2.02. The Kier molecular flexibility index (Phi) is 2.60. The Balaban J connectivity index is 3.41. The van der Waals surface area contributed by atoms with Crippen molar-refractivity contribution in [2.24, 2.45) is 0 Å². The number of hydrogen-bond acceptors (Lipinski definition) is 4. The topological polar surface area (TPSA) is 95.2 Å². The van der Waals surface area contributed by atoms with E-state index in [0.717, 1.165) is 0 Å². The van der Waals surface area contributed by atoms with Gasteiger partial charge in [-0.25, -0.2) is 0 Å². The van der Waals surface area contributed by atoms with Crippen molar-refractivity contribution in [3.05, 3.63) is 27.8 Å². The number of nitro groups is 1. The van der Waals surface area contributed by atoms with Crippen molar-refractivity contribution in [2.75, 3.05) is 11.5 Å². The minimum Gasteiger partial charge on any atom is -0.398 e. The van der Waals surface area contributed by atoms with Crippen molar-refractivity contribution in [3.63, 3.8) is 0 Å². The Hall–Kier alpha value is -1.78. The summed E-state index contributed by atoms with van der Waals surface area (Å²) >= 11 is 0. The molecule has 5 heteroatoms. The van der Waals surface area contributed by atoms with Crippen LogP contribution in [0.15, 0.2) is 12.1 Å². The van der Waals surface area contributed by atoms with Crippen LogP contribution in [0, 0.1) is 10.1 Å². The Morgan fingerprint density at radius 3 is 2.36 bits per heavy atom. The van der Waals surface area contributed by atoms with Crippen LogP contribution in [0.25, 0.3) is 0 Å². The summed E-state index contributed by atoms with van der Waals surface area (Å²) in [5, 5.41) is 10.6. The number of benzene rings is 1. The summed E-state index contributed by atoms with van der Waals surface area (Å²) in [6.07, 6.45) is 0. The summed E-state index contributed by atoms with van der Waals surface area (Å²) in [4.78, 5) is 10.1. The van der Waals surface area contributed by atoms with Gasteiger partial charge in [-0.05, 0) is 12.0 Å². The fourth-order valence-corrected chi connectivity index (χ4v) is 1.45. The standard InChI is InChI=1S/C9H13N3O2/c1-5(2)8-6(10)3-4-7(9(8)11)12(13)14/h3-5H,10-11H2,1-2H3. The maximum absolute atomic E-state index is 10.6. The lowest BCUT2D eigenvalue weighted by molar-refractivity contribution is -0.383. The normalized spacial score (nSPS) is 10.5. The van der Waals surface area contributed by atoms with Gasteiger partial charge in [-0.3, -0.25) is 10.1 Å². The Labute approximate surface area is 81.9 Å². The molecule has 0 atom stereocenters. The van der Waals surface area contributed by atoms with Gasteiger partial charge in [0.15, 0.2) is 0 Å². The third-order valence-corrected chi connectivity index (χ3v) is 2.07. The zero-order chi connectivity index (χ0) is 10.9. The zero-order valence-electron chi connectivity index (χ0n) is 8.15. The van der Waals surface area contributed by atoms with Crippen molar-refractivity contribution < 1.29 is 4.92 Å². The van der Waals surface area contributed by atoms with E-state index in [1.54, 1.807) is 0 Å². The summed E-state index contributed by atoms with van der Waals surface area (Å²) in [7, 11) is 0. The van der Waals surface area contributed by atoms with Gasteiger partial charge in [0.25, 0.3) is 5.69 Å². The molecule has 1 aromatic carbocycles. The van der Waals surface area contributed by atoms with Gasteiger partial charge in [-0.2, -0.15) is 0 Å². The first-order chi connectivity index (χ1) is 6.45. The number of rotatable bonds is 2. The molecule has 0 aliphatic rings. The second-order valence-electron chi connectivity index (χ2n) is 3.41. The third kappa shape index (κ3) is 1.61. The van der Waals surface area contributed by atoms with Crippen molar-refractivity contribution in [1.82, 2.24) is 0 Å². The molecule has 0 aromatic heterocycles. The lowest BCUT2D eigenvalue weighted by atomic mass is 9.98. The second-order valence-corrected chi connectivity index (χ2v) is 3.41. The molecule has 76 valence electrons. The van der Waals surface area contributed by atoms with E-state index in [1.807, 2.05) is 13.8 Å². The zero-order valence-corrected chi connectivity index (χ0v) is 8.15. The quantitative estimate of drug-likeness (QED) is 0.428. The van der Waals surface area contributed by atoms with Crippen LogP contribution >= 0.6 is 0 Å². The van der Waals surface area contributed by atoms with Gasteiger partial charge < -0.3 is 11.5 Å². The molecule has 0 bridgehead atoms. The van der Waals surface area contributed by atoms with Crippen molar-refractivity contribution >= 4 is 17.1 Å². The molecule has 0 saturated heterocycles. The number of anilines is 2. The van der Waals surface area contributed by atoms with E-state index < -0.39 is 4.92 Å². The predicted octanol–water partition coefficient (Wildman–Crippen LogP) is 1.88. The summed E-state index contributed by atoms with van der Waals surface area (Å²) in [5.74, 6) is 0.0786. The second kappa shape index (κ2) is 3.53. The van der Waals surface area contributed by atoms with Gasteiger partial charge in [0, 0.05) is 17.3 Å². The van der Waals surface area contributed by atoms with Gasteiger partial charge in [0.05, 0.1) is 4.92 Å². The first kappa shape index (κ1) is 10.3. The summed E-state index contributed by atoms with van der Waals surface area (Å²) < 4.78 is 0. The molecule has 0 fully saturated rings. The van der Waals surface area contributed by atoms with Crippen LogP contribution in [0.2, 0.25) is 0 Å². The van der Waals surface area contributed by atoms with Crippen LogP contribution < -0.4 is 11.5 Å². The average molecular weight is 195 g/mol. The largest absolute Gasteiger partial charge is 0.398 e. The van der Waals surface area contributed by atoms with Gasteiger partial charge in [-0.1, -0.05) is 13.8 Å². The van der Waals surface area contributed by atoms with E-state index in [2.05, 4.69) is 0 Å². The first-order valence-electron chi connectivity index (χ1n) is 4.27. The Bertz CT molecular complexity index is 375. The molecule has 1 aromatic rings. The van der Waals surface area contributed by atoms with Crippen LogP contribution in [0.3, 0.4) is 0 Å². The minimum atomic E-state index is -0.499. The van der Waals surface area contributed by atoms with Crippen LogP contribution in [0.5, 0.6) is 0 Å². The molecule has 14 heavy (non-hydrogen) atoms. The highest BCUT2D eigenvalue weighted by Crippen LogP contribution is 2.34. The SMILES string of the molecule is CC(C)c1c(N)ccc([N+](=O)[O-])c1N. The molecule has 0 radical (unpaired) electrons. The van der Waals surface area contributed by atoms with Gasteiger partial charge >= 0.3 is 0 Å². The molecule has 0 aliphatic carbocycles. The highest BCUT2D eigenvalue weighted by molar-refractivity contribution is 5.72. The third-order valence-electron chi connectivity index (χ3n) is 2.07. The number of nitrogen functional groups attached to an aromatic ring is 2. The van der Waals surface area contributed by atoms with Crippen LogP contribution in [-0.4, -0.2) is 4.92 Å². The molecule has 5 nitrogen and oxygen atoms in total. The Morgan fingerprint density at radius 1 is 1.36 bits per heavy atom. The number of nitrogens with zero attached hydrogens (tertiary/aromatic N) is 1. The van der Waals surface area contributed by atoms with E-state index in [9.17, 15) is 10.1 Å². The smallest absolute Gasteiger partial charge is 0.292 e. The molecule has 0 amide bonds. The molecule has 1 rings (SSSR count). The molecule has 0 spiro atoms. The van der Waals surface area contributed by atoms with E-state index in [0.29, 0.717) is 11.3 Å². The van der Waals surface area contributed by atoms with E-state index in [1.165, 1.54) is 12.1 Å². The van der Waals surface area contributed by atoms with Crippen molar-refractivity contribution in [3.8, 4) is 0 Å². The minimum absolute atomic E-state index is 0.0786. The van der Waals surface area contributed by atoms with Crippen LogP contribution in [0.1, 0.15) is 25.3 Å². The number of nitro benzene ring substituents is 1. The molecule has 0 aliphatic heterocycles. The number of hydrogen-bond donors (Lipinski definition) is 2. The van der Waals surface area contributed by atoms with Crippen LogP contribution in [0.4, 0.5) is 17.1 Å². The first-order valence-corrected chi connectivity index (χ1v) is 4.27. The molecule has 0 saturated carbocycles. The van der Waals surface area contributed by atoms with E-state index in [-0.39, 0.29) is 17.3 Å². The molecule has 0 heterocycles. The van der Waals surface area contributed by atoms with Crippen LogP contribution in [-0.2, 0) is 0 Å². The lowest BCUT2D eigenvalue weighted by Crippen LogP contribution is -2.05. The van der Waals surface area contributed by atoms with Gasteiger partial charge in [-0.15, -0.1) is 0 Å². The highest BCUT2D eigenvalue weighted by Gasteiger charge is 2.18. The fourth-order valence-electron chi connectivity index (χ4n) is 1.45. The highest BCUT2D eigenvalue weighted by atomic mass is 16.6. The fraction of sp³-hybridized carbons (Fsp3) is 0.333. The van der Waals surface area contributed by atoms with Crippen molar-refractivity contribution in [1.29, 1.82) is 0 Å². The number of nitrogens with two attached hydrogens (primary N) is 2. The van der Waals surface area contributed by atoms with Gasteiger partial charge in [0.1, 0.15) is 5.69 Å². The maximum Gasteiger partial charge on any atom is 0.292 e. The molecule has 0 unspecified atom stereocenters. The van der Waals surface area contributed by atoms with E-state index >= 15 is 0 Å². The summed E-state index contributed by atoms with van der Waals surface area (Å²) in [5.41, 5.74) is 12.6. The monoisotopic (exact) mass is 195 g/mol. The summed E-state index contributed by atoms with van der Waals surface area (Å²) in [6.45, 7) is 3.79. The molecule has 4 N–H and O–H groups in total.